The number of aliphatic hydroxyl groups excluding tert-OH is 1. The minimum atomic E-state index is -0.795. The van der Waals surface area contributed by atoms with Crippen molar-refractivity contribution >= 4 is 29.5 Å². The van der Waals surface area contributed by atoms with Gasteiger partial charge in [0.15, 0.2) is 0 Å². The molecule has 5 aliphatic heterocycles. The zero-order chi connectivity index (χ0) is 25.8. The molecule has 2 amide bonds. The molecular weight excluding hydrogens is 494 g/mol. The number of hydrogen-bond donors (Lipinski definition) is 1. The number of esters is 1. The van der Waals surface area contributed by atoms with Gasteiger partial charge in [0.2, 0.25) is 11.8 Å². The number of fused-ring (bicyclic) bond motifs is 2. The van der Waals surface area contributed by atoms with Crippen molar-refractivity contribution in [3.8, 4) is 0 Å². The summed E-state index contributed by atoms with van der Waals surface area (Å²) < 4.78 is 10.3. The maximum Gasteiger partial charge on any atom is 0.311 e. The molecule has 0 aromatic rings. The molecule has 5 rings (SSSR count). The maximum atomic E-state index is 14.2. The molecule has 5 heterocycles. The van der Waals surface area contributed by atoms with Crippen LogP contribution in [0.15, 0.2) is 24.3 Å². The van der Waals surface area contributed by atoms with Crippen molar-refractivity contribution < 1.29 is 29.0 Å². The highest BCUT2D eigenvalue weighted by Crippen LogP contribution is 2.60. The summed E-state index contributed by atoms with van der Waals surface area (Å²) in [5.41, 5.74) is 0. The maximum absolute atomic E-state index is 14.2. The number of allylic oxidation sites excluding steroid dienone is 1. The van der Waals surface area contributed by atoms with Crippen LogP contribution in [0.3, 0.4) is 0 Å². The Kier molecular flexibility index (Phi) is 8.58. The summed E-state index contributed by atoms with van der Waals surface area (Å²) in [5.74, 6) is -1.71. The molecule has 5 atom stereocenters. The van der Waals surface area contributed by atoms with Gasteiger partial charge < -0.3 is 24.4 Å². The van der Waals surface area contributed by atoms with E-state index in [1.54, 1.807) is 16.7 Å². The molecule has 0 aliphatic carbocycles. The van der Waals surface area contributed by atoms with Crippen LogP contribution in [0.25, 0.3) is 0 Å². The van der Waals surface area contributed by atoms with E-state index < -0.39 is 22.6 Å². The number of thioether (sulfide) groups is 1. The third kappa shape index (κ3) is 5.22. The number of rotatable bonds is 8. The van der Waals surface area contributed by atoms with Crippen molar-refractivity contribution in [1.82, 2.24) is 14.7 Å². The smallest absolute Gasteiger partial charge is 0.311 e. The predicted octanol–water partition coefficient (Wildman–Crippen LogP) is 1.07. The Hall–Kier alpha value is -1.88. The quantitative estimate of drug-likeness (QED) is 0.281. The van der Waals surface area contributed by atoms with Crippen LogP contribution in [0.2, 0.25) is 0 Å². The number of carbonyl (C=O) groups is 3. The largest absolute Gasteiger partial charge is 0.465 e. The van der Waals surface area contributed by atoms with Crippen LogP contribution in [0.5, 0.6) is 0 Å². The van der Waals surface area contributed by atoms with Crippen LogP contribution >= 0.6 is 11.8 Å². The van der Waals surface area contributed by atoms with Gasteiger partial charge in [0.25, 0.3) is 0 Å². The molecule has 9 nitrogen and oxygen atoms in total. The summed E-state index contributed by atoms with van der Waals surface area (Å²) in [6, 6.07) is -0.649. The molecule has 204 valence electrons. The fraction of sp³-hybridized carbons (Fsp3) is 0.741. The van der Waals surface area contributed by atoms with Gasteiger partial charge in [-0.3, -0.25) is 19.3 Å². The summed E-state index contributed by atoms with van der Waals surface area (Å²) in [5, 5.41) is 9.02. The highest BCUT2D eigenvalue weighted by Gasteiger charge is 2.70. The first-order valence-corrected chi connectivity index (χ1v) is 14.6. The van der Waals surface area contributed by atoms with Crippen molar-refractivity contribution in [2.24, 2.45) is 11.8 Å². The average molecular weight is 534 g/mol. The minimum absolute atomic E-state index is 0.0346. The predicted molar refractivity (Wildman–Crippen MR) is 140 cm³/mol. The van der Waals surface area contributed by atoms with Crippen LogP contribution in [0, 0.1) is 11.8 Å². The third-order valence-corrected chi connectivity index (χ3v) is 10.0. The molecule has 37 heavy (non-hydrogen) atoms. The van der Waals surface area contributed by atoms with E-state index in [0.29, 0.717) is 52.3 Å². The molecule has 0 bridgehead atoms. The van der Waals surface area contributed by atoms with Gasteiger partial charge in [-0.1, -0.05) is 24.3 Å². The first-order chi connectivity index (χ1) is 18.1. The van der Waals surface area contributed by atoms with Gasteiger partial charge in [0, 0.05) is 51.1 Å². The van der Waals surface area contributed by atoms with Gasteiger partial charge in [-0.25, -0.2) is 0 Å². The van der Waals surface area contributed by atoms with Crippen LogP contribution in [-0.4, -0.2) is 119 Å². The number of carbonyl (C=O) groups excluding carboxylic acids is 3. The molecule has 5 aliphatic rings. The van der Waals surface area contributed by atoms with Gasteiger partial charge in [-0.2, -0.15) is 0 Å². The third-order valence-electron chi connectivity index (χ3n) is 8.28. The van der Waals surface area contributed by atoms with Crippen LogP contribution in [0.4, 0.5) is 0 Å². The molecule has 10 heteroatoms. The fourth-order valence-corrected chi connectivity index (χ4v) is 8.40. The minimum Gasteiger partial charge on any atom is -0.465 e. The lowest BCUT2D eigenvalue weighted by molar-refractivity contribution is -0.153. The number of likely N-dealkylation sites (tertiary alicyclic amines) is 1. The van der Waals surface area contributed by atoms with Crippen molar-refractivity contribution in [2.45, 2.75) is 48.1 Å². The standard InChI is InChI=1S/C27H39N3O6S/c31-16-5-2-4-11-30-23-25(33)29(13-12-28-14-18-35-19-15-28)10-7-9-27(23)22(24(30)32)21-20(37-27)8-3-1-6-17-36-26(21)34/h3,7-9,20-23,31H,1-2,4-6,10-19H2/b8-3-/t20-,21+,22-,23?,27-/m0/s1. The first kappa shape index (κ1) is 26.7. The zero-order valence-electron chi connectivity index (χ0n) is 21.5. The molecule has 3 fully saturated rings. The van der Waals surface area contributed by atoms with Crippen molar-refractivity contribution in [2.75, 3.05) is 65.7 Å². The number of hydrogen-bond acceptors (Lipinski definition) is 8. The number of ether oxygens (including phenoxy) is 2. The molecule has 1 unspecified atom stereocenters. The Morgan fingerprint density at radius 3 is 2.65 bits per heavy atom. The number of aliphatic hydroxyl groups is 1. The SMILES string of the molecule is O=C1OCCC/C=C\[C@@H]2S[C@]34C=CCN(CCN5CCOCC5)C(=O)C3N(CCCCCO)C(=O)[C@@H]4[C@H]12. The topological polar surface area (TPSA) is 99.6 Å². The molecule has 0 aromatic heterocycles. The normalized spacial score (nSPS) is 35.2. The van der Waals surface area contributed by atoms with E-state index in [4.69, 9.17) is 9.47 Å². The van der Waals surface area contributed by atoms with E-state index in [9.17, 15) is 19.5 Å². The Morgan fingerprint density at radius 1 is 1.00 bits per heavy atom. The molecule has 0 aromatic carbocycles. The monoisotopic (exact) mass is 533 g/mol. The number of morpholine rings is 1. The zero-order valence-corrected chi connectivity index (χ0v) is 22.3. The highest BCUT2D eigenvalue weighted by molar-refractivity contribution is 8.02. The second-order valence-corrected chi connectivity index (χ2v) is 12.0. The van der Waals surface area contributed by atoms with E-state index in [1.165, 1.54) is 0 Å². The average Bonchev–Trinajstić information content (AvgIpc) is 3.31. The summed E-state index contributed by atoms with van der Waals surface area (Å²) in [7, 11) is 0. The lowest BCUT2D eigenvalue weighted by Gasteiger charge is -2.36. The van der Waals surface area contributed by atoms with Crippen molar-refractivity contribution in [3.63, 3.8) is 0 Å². The van der Waals surface area contributed by atoms with Crippen molar-refractivity contribution in [3.05, 3.63) is 24.3 Å². The Balaban J connectivity index is 1.44. The van der Waals surface area contributed by atoms with Crippen molar-refractivity contribution in [1.29, 1.82) is 0 Å². The van der Waals surface area contributed by atoms with E-state index in [0.717, 1.165) is 38.9 Å². The number of amides is 2. The molecule has 3 saturated heterocycles. The Morgan fingerprint density at radius 2 is 1.84 bits per heavy atom. The van der Waals surface area contributed by atoms with E-state index >= 15 is 0 Å². The molecule has 0 saturated carbocycles. The van der Waals surface area contributed by atoms with E-state index in [-0.39, 0.29) is 29.6 Å². The second kappa shape index (κ2) is 11.9. The van der Waals surface area contributed by atoms with Gasteiger partial charge in [0.05, 0.1) is 36.4 Å². The van der Waals surface area contributed by atoms with Crippen LogP contribution in [-0.2, 0) is 23.9 Å². The van der Waals surface area contributed by atoms with E-state index in [2.05, 4.69) is 23.1 Å². The summed E-state index contributed by atoms with van der Waals surface area (Å²) in [6.45, 7) is 5.89. The van der Waals surface area contributed by atoms with Gasteiger partial charge >= 0.3 is 5.97 Å². The van der Waals surface area contributed by atoms with E-state index in [1.807, 2.05) is 11.0 Å². The second-order valence-electron chi connectivity index (χ2n) is 10.5. The van der Waals surface area contributed by atoms with Gasteiger partial charge in [-0.15, -0.1) is 11.8 Å². The lowest BCUT2D eigenvalue weighted by atomic mass is 9.78. The highest BCUT2D eigenvalue weighted by atomic mass is 32.2. The molecule has 1 N–H and O–H groups in total. The summed E-state index contributed by atoms with van der Waals surface area (Å²) in [6.07, 6.45) is 12.0. The van der Waals surface area contributed by atoms with Gasteiger partial charge in [-0.05, 0) is 32.1 Å². The van der Waals surface area contributed by atoms with Crippen LogP contribution in [0.1, 0.15) is 32.1 Å². The Labute approximate surface area is 223 Å². The summed E-state index contributed by atoms with van der Waals surface area (Å²) >= 11 is 1.60. The number of unbranched alkanes of at least 4 members (excludes halogenated alkanes) is 2. The molecule has 1 spiro atoms. The number of nitrogens with zero attached hydrogens (tertiary/aromatic N) is 3. The van der Waals surface area contributed by atoms with Crippen LogP contribution < -0.4 is 0 Å². The molecule has 0 radical (unpaired) electrons. The number of cyclic esters (lactones) is 1. The fourth-order valence-electron chi connectivity index (χ4n) is 6.40. The lowest BCUT2D eigenvalue weighted by Crippen LogP contribution is -2.54. The van der Waals surface area contributed by atoms with Gasteiger partial charge in [0.1, 0.15) is 6.04 Å². The molecular formula is C27H39N3O6S. The summed E-state index contributed by atoms with van der Waals surface area (Å²) in [4.78, 5) is 47.5. The first-order valence-electron chi connectivity index (χ1n) is 13.8. The Bertz CT molecular complexity index is 922.